The normalized spacial score (nSPS) is 19.1. The van der Waals surface area contributed by atoms with Crippen molar-refractivity contribution in [1.29, 1.82) is 0 Å². The first kappa shape index (κ1) is 13.9. The zero-order valence-corrected chi connectivity index (χ0v) is 11.7. The zero-order valence-electron chi connectivity index (χ0n) is 10.9. The largest absolute Gasteiger partial charge is 0.342 e. The van der Waals surface area contributed by atoms with Crippen molar-refractivity contribution >= 4 is 17.7 Å². The average Bonchev–Trinajstić information content (AvgIpc) is 2.12. The standard InChI is InChI=1S/C13H25NOS/c1-13(2,3)16-11-12(15)14-9-7-5-4-6-8-10-14/h4-11H2,1-3H3. The number of likely N-dealkylation sites (tertiary alicyclic amines) is 1. The lowest BCUT2D eigenvalue weighted by Gasteiger charge is -2.26. The van der Waals surface area contributed by atoms with Crippen molar-refractivity contribution in [2.75, 3.05) is 18.8 Å². The summed E-state index contributed by atoms with van der Waals surface area (Å²) in [6.45, 7) is 8.45. The molecule has 3 heteroatoms. The van der Waals surface area contributed by atoms with Crippen LogP contribution in [0.5, 0.6) is 0 Å². The molecule has 0 spiro atoms. The summed E-state index contributed by atoms with van der Waals surface area (Å²) in [5.41, 5.74) is 0. The van der Waals surface area contributed by atoms with Gasteiger partial charge in [-0.2, -0.15) is 0 Å². The molecule has 1 saturated heterocycles. The van der Waals surface area contributed by atoms with Gasteiger partial charge in [-0.25, -0.2) is 0 Å². The van der Waals surface area contributed by atoms with Gasteiger partial charge in [0.25, 0.3) is 0 Å². The van der Waals surface area contributed by atoms with Gasteiger partial charge in [-0.3, -0.25) is 4.79 Å². The summed E-state index contributed by atoms with van der Waals surface area (Å²) in [7, 11) is 0. The topological polar surface area (TPSA) is 20.3 Å². The summed E-state index contributed by atoms with van der Waals surface area (Å²) < 4.78 is 0.193. The Bertz CT molecular complexity index is 214. The smallest absolute Gasteiger partial charge is 0.232 e. The molecule has 0 N–H and O–H groups in total. The van der Waals surface area contributed by atoms with Crippen LogP contribution >= 0.6 is 11.8 Å². The third-order valence-corrected chi connectivity index (χ3v) is 4.09. The van der Waals surface area contributed by atoms with E-state index in [0.29, 0.717) is 11.7 Å². The number of hydrogen-bond donors (Lipinski definition) is 0. The van der Waals surface area contributed by atoms with Crippen molar-refractivity contribution in [2.45, 2.75) is 57.6 Å². The number of amides is 1. The van der Waals surface area contributed by atoms with Crippen LogP contribution in [0.4, 0.5) is 0 Å². The van der Waals surface area contributed by atoms with Gasteiger partial charge in [0.15, 0.2) is 0 Å². The van der Waals surface area contributed by atoms with Gasteiger partial charge in [-0.1, -0.05) is 40.0 Å². The Hall–Kier alpha value is -0.180. The first-order chi connectivity index (χ1) is 7.49. The van der Waals surface area contributed by atoms with E-state index in [9.17, 15) is 4.79 Å². The SMILES string of the molecule is CC(C)(C)SCC(=O)N1CCCCCCC1. The van der Waals surface area contributed by atoms with Gasteiger partial charge in [0.1, 0.15) is 0 Å². The molecule has 94 valence electrons. The minimum absolute atomic E-state index is 0.193. The highest BCUT2D eigenvalue weighted by Gasteiger charge is 2.18. The van der Waals surface area contributed by atoms with Gasteiger partial charge >= 0.3 is 0 Å². The number of hydrogen-bond acceptors (Lipinski definition) is 2. The average molecular weight is 243 g/mol. The first-order valence-electron chi connectivity index (χ1n) is 6.41. The minimum Gasteiger partial charge on any atom is -0.342 e. The van der Waals surface area contributed by atoms with Crippen LogP contribution < -0.4 is 0 Å². The van der Waals surface area contributed by atoms with Crippen LogP contribution in [0, 0.1) is 0 Å². The summed E-state index contributed by atoms with van der Waals surface area (Å²) in [4.78, 5) is 14.1. The van der Waals surface area contributed by atoms with Gasteiger partial charge in [-0.05, 0) is 12.8 Å². The lowest BCUT2D eigenvalue weighted by Crippen LogP contribution is -2.35. The maximum absolute atomic E-state index is 12.0. The van der Waals surface area contributed by atoms with Crippen molar-refractivity contribution in [3.05, 3.63) is 0 Å². The summed E-state index contributed by atoms with van der Waals surface area (Å²) in [6, 6.07) is 0. The van der Waals surface area contributed by atoms with Crippen molar-refractivity contribution < 1.29 is 4.79 Å². The van der Waals surface area contributed by atoms with E-state index in [1.807, 2.05) is 0 Å². The molecule has 1 heterocycles. The lowest BCUT2D eigenvalue weighted by atomic mass is 10.1. The number of nitrogens with zero attached hydrogens (tertiary/aromatic N) is 1. The molecule has 0 aromatic heterocycles. The van der Waals surface area contributed by atoms with E-state index >= 15 is 0 Å². The van der Waals surface area contributed by atoms with Gasteiger partial charge in [0, 0.05) is 17.8 Å². The van der Waals surface area contributed by atoms with Gasteiger partial charge < -0.3 is 4.90 Å². The Balaban J connectivity index is 2.33. The highest BCUT2D eigenvalue weighted by Crippen LogP contribution is 2.23. The highest BCUT2D eigenvalue weighted by molar-refractivity contribution is 8.01. The van der Waals surface area contributed by atoms with Crippen molar-refractivity contribution in [3.63, 3.8) is 0 Å². The predicted molar refractivity (Wildman–Crippen MR) is 71.9 cm³/mol. The number of thioether (sulfide) groups is 1. The second-order valence-electron chi connectivity index (χ2n) is 5.55. The molecule has 0 unspecified atom stereocenters. The van der Waals surface area contributed by atoms with Gasteiger partial charge in [-0.15, -0.1) is 11.8 Å². The number of carbonyl (C=O) groups is 1. The fraction of sp³-hybridized carbons (Fsp3) is 0.923. The zero-order chi connectivity index (χ0) is 12.0. The summed E-state index contributed by atoms with van der Waals surface area (Å²) in [6.07, 6.45) is 6.29. The van der Waals surface area contributed by atoms with Crippen LogP contribution in [0.15, 0.2) is 0 Å². The predicted octanol–water partition coefficient (Wildman–Crippen LogP) is 3.31. The van der Waals surface area contributed by atoms with Crippen LogP contribution in [0.2, 0.25) is 0 Å². The first-order valence-corrected chi connectivity index (χ1v) is 7.39. The summed E-state index contributed by atoms with van der Waals surface area (Å²) in [5.74, 6) is 0.977. The molecule has 1 aliphatic heterocycles. The van der Waals surface area contributed by atoms with E-state index in [2.05, 4.69) is 25.7 Å². The molecular formula is C13H25NOS. The number of rotatable bonds is 2. The molecular weight excluding hydrogens is 218 g/mol. The van der Waals surface area contributed by atoms with Crippen LogP contribution in [0.3, 0.4) is 0 Å². The Labute approximate surface area is 104 Å². The molecule has 0 aromatic carbocycles. The van der Waals surface area contributed by atoms with E-state index in [1.165, 1.54) is 32.1 Å². The fourth-order valence-electron chi connectivity index (χ4n) is 1.87. The highest BCUT2D eigenvalue weighted by atomic mass is 32.2. The fourth-order valence-corrected chi connectivity index (χ4v) is 2.61. The minimum atomic E-state index is 0.193. The molecule has 1 fully saturated rings. The third kappa shape index (κ3) is 5.78. The van der Waals surface area contributed by atoms with Crippen LogP contribution in [0.25, 0.3) is 0 Å². The molecule has 0 bridgehead atoms. The maximum atomic E-state index is 12.0. The van der Waals surface area contributed by atoms with Crippen LogP contribution in [-0.4, -0.2) is 34.4 Å². The van der Waals surface area contributed by atoms with E-state index in [1.54, 1.807) is 11.8 Å². The Morgan fingerprint density at radius 3 is 2.06 bits per heavy atom. The molecule has 2 nitrogen and oxygen atoms in total. The quantitative estimate of drug-likeness (QED) is 0.741. The molecule has 0 aromatic rings. The third-order valence-electron chi connectivity index (χ3n) is 2.84. The Morgan fingerprint density at radius 2 is 1.56 bits per heavy atom. The second kappa shape index (κ2) is 6.53. The van der Waals surface area contributed by atoms with E-state index in [0.717, 1.165) is 13.1 Å². The van der Waals surface area contributed by atoms with Crippen molar-refractivity contribution in [1.82, 2.24) is 4.90 Å². The molecule has 0 aliphatic carbocycles. The molecule has 1 aliphatic rings. The summed E-state index contributed by atoms with van der Waals surface area (Å²) in [5, 5.41) is 0. The number of carbonyl (C=O) groups excluding carboxylic acids is 1. The van der Waals surface area contributed by atoms with Crippen LogP contribution in [0.1, 0.15) is 52.9 Å². The molecule has 1 amide bonds. The van der Waals surface area contributed by atoms with Gasteiger partial charge in [0.05, 0.1) is 5.75 Å². The molecule has 0 radical (unpaired) electrons. The Morgan fingerprint density at radius 1 is 1.06 bits per heavy atom. The lowest BCUT2D eigenvalue weighted by molar-refractivity contribution is -0.128. The molecule has 1 rings (SSSR count). The second-order valence-corrected chi connectivity index (χ2v) is 7.35. The molecule has 0 saturated carbocycles. The van der Waals surface area contributed by atoms with Gasteiger partial charge in [0.2, 0.25) is 5.91 Å². The van der Waals surface area contributed by atoms with E-state index in [-0.39, 0.29) is 4.75 Å². The Kier molecular flexibility index (Phi) is 5.67. The molecule has 16 heavy (non-hydrogen) atoms. The van der Waals surface area contributed by atoms with E-state index < -0.39 is 0 Å². The van der Waals surface area contributed by atoms with Crippen molar-refractivity contribution in [2.24, 2.45) is 0 Å². The monoisotopic (exact) mass is 243 g/mol. The molecule has 0 atom stereocenters. The van der Waals surface area contributed by atoms with E-state index in [4.69, 9.17) is 0 Å². The van der Waals surface area contributed by atoms with Crippen LogP contribution in [-0.2, 0) is 4.79 Å². The van der Waals surface area contributed by atoms with Crippen molar-refractivity contribution in [3.8, 4) is 0 Å². The summed E-state index contributed by atoms with van der Waals surface area (Å²) >= 11 is 1.76. The maximum Gasteiger partial charge on any atom is 0.232 e.